The Labute approximate surface area is 118 Å². The molecule has 1 saturated heterocycles. The average molecular weight is 302 g/mol. The van der Waals surface area contributed by atoms with E-state index in [4.69, 9.17) is 8.92 Å². The largest absolute Gasteiger partial charge is 0.388 e. The van der Waals surface area contributed by atoms with Gasteiger partial charge < -0.3 is 14.9 Å². The number of aliphatic hydroxyl groups excluding tert-OH is 2. The highest BCUT2D eigenvalue weighted by Crippen LogP contribution is 2.22. The maximum atomic E-state index is 11.9. The number of hydrogen-bond acceptors (Lipinski definition) is 6. The zero-order valence-electron chi connectivity index (χ0n) is 11.3. The zero-order valence-corrected chi connectivity index (χ0v) is 12.1. The van der Waals surface area contributed by atoms with Crippen molar-refractivity contribution in [2.24, 2.45) is 0 Å². The van der Waals surface area contributed by atoms with Crippen molar-refractivity contribution < 1.29 is 27.6 Å². The van der Waals surface area contributed by atoms with Gasteiger partial charge in [-0.15, -0.1) is 0 Å². The molecule has 1 aliphatic heterocycles. The molecule has 1 aromatic rings. The second kappa shape index (κ2) is 5.79. The van der Waals surface area contributed by atoms with Gasteiger partial charge in [0.15, 0.2) is 0 Å². The number of ether oxygens (including phenoxy) is 1. The molecule has 0 bridgehead atoms. The third kappa shape index (κ3) is 3.18. The molecule has 0 saturated carbocycles. The maximum absolute atomic E-state index is 11.9. The van der Waals surface area contributed by atoms with Gasteiger partial charge in [-0.2, -0.15) is 8.42 Å². The number of rotatable bonds is 4. The highest BCUT2D eigenvalue weighted by molar-refractivity contribution is 7.86. The summed E-state index contributed by atoms with van der Waals surface area (Å²) in [4.78, 5) is 0.0455. The summed E-state index contributed by atoms with van der Waals surface area (Å²) in [6.07, 6.45) is -3.61. The second-order valence-corrected chi connectivity index (χ2v) is 6.53. The fourth-order valence-electron chi connectivity index (χ4n) is 2.00. The topological polar surface area (TPSA) is 93.1 Å². The summed E-state index contributed by atoms with van der Waals surface area (Å²) in [5.74, 6) is 0. The molecule has 112 valence electrons. The zero-order chi connectivity index (χ0) is 14.9. The minimum atomic E-state index is -3.90. The molecule has 4 atom stereocenters. The average Bonchev–Trinajstić information content (AvgIpc) is 2.64. The molecule has 1 aromatic carbocycles. The lowest BCUT2D eigenvalue weighted by Gasteiger charge is -2.14. The molecule has 2 N–H and O–H groups in total. The SMILES string of the molecule is Cc1ccc(S(=O)(=O)OC[C@H]2O[C@@H](C)[C@H](O)[C@@H]2O)cc1. The second-order valence-electron chi connectivity index (χ2n) is 4.91. The van der Waals surface area contributed by atoms with Crippen LogP contribution in [0.3, 0.4) is 0 Å². The van der Waals surface area contributed by atoms with Crippen LogP contribution in [0.5, 0.6) is 0 Å². The number of aryl methyl sites for hydroxylation is 1. The van der Waals surface area contributed by atoms with E-state index in [1.54, 1.807) is 19.1 Å². The van der Waals surface area contributed by atoms with Crippen LogP contribution in [0.4, 0.5) is 0 Å². The van der Waals surface area contributed by atoms with Gasteiger partial charge >= 0.3 is 0 Å². The van der Waals surface area contributed by atoms with Gasteiger partial charge in [-0.1, -0.05) is 17.7 Å². The van der Waals surface area contributed by atoms with Gasteiger partial charge in [0.25, 0.3) is 10.1 Å². The fourth-order valence-corrected chi connectivity index (χ4v) is 2.92. The summed E-state index contributed by atoms with van der Waals surface area (Å²) in [6.45, 7) is 3.11. The summed E-state index contributed by atoms with van der Waals surface area (Å²) < 4.78 is 34.0. The van der Waals surface area contributed by atoms with Crippen molar-refractivity contribution >= 4 is 10.1 Å². The third-order valence-corrected chi connectivity index (χ3v) is 4.59. The van der Waals surface area contributed by atoms with Crippen LogP contribution < -0.4 is 0 Å². The Bertz CT molecular complexity index is 553. The maximum Gasteiger partial charge on any atom is 0.297 e. The Balaban J connectivity index is 2.01. The molecule has 1 aliphatic rings. The van der Waals surface area contributed by atoms with Gasteiger partial charge in [-0.3, -0.25) is 4.18 Å². The van der Waals surface area contributed by atoms with Crippen molar-refractivity contribution in [1.82, 2.24) is 0 Å². The van der Waals surface area contributed by atoms with Crippen molar-refractivity contribution in [3.05, 3.63) is 29.8 Å². The lowest BCUT2D eigenvalue weighted by molar-refractivity contribution is -0.00961. The van der Waals surface area contributed by atoms with E-state index in [2.05, 4.69) is 0 Å². The van der Waals surface area contributed by atoms with E-state index in [1.807, 2.05) is 6.92 Å². The first-order chi connectivity index (χ1) is 9.31. The molecule has 0 spiro atoms. The highest BCUT2D eigenvalue weighted by Gasteiger charge is 2.40. The monoisotopic (exact) mass is 302 g/mol. The molecule has 0 aliphatic carbocycles. The van der Waals surface area contributed by atoms with Crippen LogP contribution in [-0.4, -0.2) is 49.7 Å². The Morgan fingerprint density at radius 3 is 2.30 bits per heavy atom. The van der Waals surface area contributed by atoms with Crippen molar-refractivity contribution in [2.45, 2.75) is 43.2 Å². The van der Waals surface area contributed by atoms with Crippen LogP contribution in [0, 0.1) is 6.92 Å². The molecule has 7 heteroatoms. The van der Waals surface area contributed by atoms with Crippen LogP contribution in [0.1, 0.15) is 12.5 Å². The quantitative estimate of drug-likeness (QED) is 0.772. The molecule has 0 radical (unpaired) electrons. The summed E-state index contributed by atoms with van der Waals surface area (Å²) in [7, 11) is -3.90. The van der Waals surface area contributed by atoms with Crippen molar-refractivity contribution in [1.29, 1.82) is 0 Å². The van der Waals surface area contributed by atoms with E-state index in [9.17, 15) is 18.6 Å². The normalized spacial score (nSPS) is 30.6. The Kier molecular flexibility index (Phi) is 4.46. The van der Waals surface area contributed by atoms with Gasteiger partial charge in [-0.05, 0) is 26.0 Å². The van der Waals surface area contributed by atoms with Crippen molar-refractivity contribution in [3.63, 3.8) is 0 Å². The minimum absolute atomic E-state index is 0.0455. The molecule has 6 nitrogen and oxygen atoms in total. The van der Waals surface area contributed by atoms with E-state index in [-0.39, 0.29) is 11.5 Å². The summed E-state index contributed by atoms with van der Waals surface area (Å²) >= 11 is 0. The van der Waals surface area contributed by atoms with Gasteiger partial charge in [-0.25, -0.2) is 0 Å². The molecule has 2 rings (SSSR count). The van der Waals surface area contributed by atoms with E-state index < -0.39 is 34.5 Å². The van der Waals surface area contributed by atoms with Gasteiger partial charge in [0, 0.05) is 0 Å². The molecular weight excluding hydrogens is 284 g/mol. The highest BCUT2D eigenvalue weighted by atomic mass is 32.2. The molecular formula is C13H18O6S. The van der Waals surface area contributed by atoms with E-state index >= 15 is 0 Å². The van der Waals surface area contributed by atoms with Gasteiger partial charge in [0.05, 0.1) is 17.6 Å². The van der Waals surface area contributed by atoms with Crippen molar-refractivity contribution in [2.75, 3.05) is 6.61 Å². The third-order valence-electron chi connectivity index (χ3n) is 3.30. The van der Waals surface area contributed by atoms with Crippen LogP contribution in [-0.2, 0) is 19.0 Å². The summed E-state index contributed by atoms with van der Waals surface area (Å²) in [5, 5.41) is 19.2. The Morgan fingerprint density at radius 2 is 1.80 bits per heavy atom. The lowest BCUT2D eigenvalue weighted by atomic mass is 10.1. The molecule has 0 unspecified atom stereocenters. The Hall–Kier alpha value is -0.990. The molecule has 0 amide bonds. The first kappa shape index (κ1) is 15.4. The minimum Gasteiger partial charge on any atom is -0.388 e. The van der Waals surface area contributed by atoms with Crippen molar-refractivity contribution in [3.8, 4) is 0 Å². The van der Waals surface area contributed by atoms with Gasteiger partial charge in [0.1, 0.15) is 18.3 Å². The predicted octanol–water partition coefficient (Wildman–Crippen LogP) is 0.209. The number of aliphatic hydroxyl groups is 2. The Morgan fingerprint density at radius 1 is 1.20 bits per heavy atom. The number of benzene rings is 1. The van der Waals surface area contributed by atoms with E-state index in [0.29, 0.717) is 0 Å². The molecule has 0 aromatic heterocycles. The first-order valence-electron chi connectivity index (χ1n) is 6.29. The van der Waals surface area contributed by atoms with E-state index in [0.717, 1.165) is 5.56 Å². The molecule has 1 heterocycles. The smallest absolute Gasteiger partial charge is 0.297 e. The summed E-state index contributed by atoms with van der Waals surface area (Å²) in [5.41, 5.74) is 0.940. The first-order valence-corrected chi connectivity index (χ1v) is 7.70. The molecule has 20 heavy (non-hydrogen) atoms. The molecule has 1 fully saturated rings. The fraction of sp³-hybridized carbons (Fsp3) is 0.538. The summed E-state index contributed by atoms with van der Waals surface area (Å²) in [6, 6.07) is 6.24. The van der Waals surface area contributed by atoms with Crippen LogP contribution in [0.15, 0.2) is 29.2 Å². The van der Waals surface area contributed by atoms with E-state index in [1.165, 1.54) is 12.1 Å². The van der Waals surface area contributed by atoms with Crippen LogP contribution in [0.25, 0.3) is 0 Å². The predicted molar refractivity (Wildman–Crippen MR) is 70.7 cm³/mol. The van der Waals surface area contributed by atoms with Crippen LogP contribution >= 0.6 is 0 Å². The number of hydrogen-bond donors (Lipinski definition) is 2. The van der Waals surface area contributed by atoms with Gasteiger partial charge in [0.2, 0.25) is 0 Å². The van der Waals surface area contributed by atoms with Crippen LogP contribution in [0.2, 0.25) is 0 Å². The lowest BCUT2D eigenvalue weighted by Crippen LogP contribution is -2.34. The standard InChI is InChI=1S/C13H18O6S/c1-8-3-5-10(6-4-8)20(16,17)18-7-11-13(15)12(14)9(2)19-11/h3-6,9,11-15H,7H2,1-2H3/t9-,11+,12-,13+/m0/s1.